The zero-order valence-electron chi connectivity index (χ0n) is 14.2. The number of aryl methyl sites for hydroxylation is 1. The maximum atomic E-state index is 4.74. The third-order valence-electron chi connectivity index (χ3n) is 4.03. The Morgan fingerprint density at radius 3 is 3.08 bits per heavy atom. The van der Waals surface area contributed by atoms with Gasteiger partial charge >= 0.3 is 0 Å². The Bertz CT molecular complexity index is 652. The number of nitrogens with zero attached hydrogens (tertiary/aromatic N) is 5. The maximum Gasteiger partial charge on any atom is 0.194 e. The van der Waals surface area contributed by atoms with Gasteiger partial charge in [-0.2, -0.15) is 0 Å². The first-order valence-electron chi connectivity index (χ1n) is 8.20. The van der Waals surface area contributed by atoms with Crippen molar-refractivity contribution >= 4 is 41.3 Å². The van der Waals surface area contributed by atoms with Crippen LogP contribution in [-0.4, -0.2) is 45.8 Å². The number of thiophene rings is 1. The van der Waals surface area contributed by atoms with Crippen molar-refractivity contribution in [1.29, 1.82) is 0 Å². The third-order valence-corrected chi connectivity index (χ3v) is 4.96. The molecule has 2 aromatic rings. The minimum Gasteiger partial charge on any atom is -0.357 e. The van der Waals surface area contributed by atoms with Crippen molar-refractivity contribution in [3.8, 4) is 0 Å². The molecule has 0 aliphatic carbocycles. The summed E-state index contributed by atoms with van der Waals surface area (Å²) >= 11 is 1.81. The van der Waals surface area contributed by atoms with Crippen molar-refractivity contribution in [2.75, 3.05) is 20.1 Å². The largest absolute Gasteiger partial charge is 0.357 e. The fraction of sp³-hybridized carbons (Fsp3) is 0.562. The second-order valence-electron chi connectivity index (χ2n) is 5.71. The van der Waals surface area contributed by atoms with Crippen LogP contribution in [0, 0.1) is 0 Å². The summed E-state index contributed by atoms with van der Waals surface area (Å²) in [7, 11) is 2.09. The van der Waals surface area contributed by atoms with Crippen LogP contribution in [0.1, 0.15) is 29.9 Å². The summed E-state index contributed by atoms with van der Waals surface area (Å²) in [4.78, 5) is 8.34. The van der Waals surface area contributed by atoms with E-state index >= 15 is 0 Å². The number of rotatable bonds is 6. The zero-order valence-corrected chi connectivity index (χ0v) is 17.4. The molecule has 0 fully saturated rings. The van der Waals surface area contributed by atoms with E-state index in [0.29, 0.717) is 6.54 Å². The lowest BCUT2D eigenvalue weighted by atomic mass is 10.3. The van der Waals surface area contributed by atoms with E-state index < -0.39 is 0 Å². The van der Waals surface area contributed by atoms with E-state index in [0.717, 1.165) is 50.1 Å². The Morgan fingerprint density at radius 1 is 1.46 bits per heavy atom. The number of aliphatic imine (C=N–C) groups is 1. The molecule has 0 saturated heterocycles. The first-order chi connectivity index (χ1) is 11.3. The highest BCUT2D eigenvalue weighted by atomic mass is 127. The van der Waals surface area contributed by atoms with E-state index in [1.165, 1.54) is 11.3 Å². The first-order valence-corrected chi connectivity index (χ1v) is 9.08. The van der Waals surface area contributed by atoms with Gasteiger partial charge in [0, 0.05) is 38.0 Å². The van der Waals surface area contributed by atoms with E-state index in [1.54, 1.807) is 11.3 Å². The summed E-state index contributed by atoms with van der Waals surface area (Å²) in [6.45, 7) is 5.51. The van der Waals surface area contributed by atoms with Crippen LogP contribution in [0.5, 0.6) is 0 Å². The Morgan fingerprint density at radius 2 is 2.33 bits per heavy atom. The highest BCUT2D eigenvalue weighted by Crippen LogP contribution is 2.14. The summed E-state index contributed by atoms with van der Waals surface area (Å²) in [5.41, 5.74) is 0. The molecular weight excluding hydrogens is 435 g/mol. The second kappa shape index (κ2) is 9.36. The van der Waals surface area contributed by atoms with E-state index in [4.69, 9.17) is 4.99 Å². The molecule has 0 saturated carbocycles. The average Bonchev–Trinajstić information content (AvgIpc) is 3.27. The van der Waals surface area contributed by atoms with Crippen molar-refractivity contribution in [3.05, 3.63) is 34.0 Å². The fourth-order valence-corrected chi connectivity index (χ4v) is 3.48. The van der Waals surface area contributed by atoms with Crippen LogP contribution in [0.2, 0.25) is 0 Å². The Labute approximate surface area is 164 Å². The molecule has 0 aromatic carbocycles. The van der Waals surface area contributed by atoms with Crippen molar-refractivity contribution in [2.24, 2.45) is 4.99 Å². The number of likely N-dealkylation sites (N-methyl/N-ethyl adjacent to an activating group) is 1. The minimum atomic E-state index is 0. The molecule has 6 nitrogen and oxygen atoms in total. The Hall–Kier alpha value is -1.16. The number of nitrogens with one attached hydrogen (secondary N) is 1. The molecule has 0 atom stereocenters. The lowest BCUT2D eigenvalue weighted by Gasteiger charge is -2.21. The molecule has 1 aliphatic heterocycles. The predicted molar refractivity (Wildman–Crippen MR) is 109 cm³/mol. The summed E-state index contributed by atoms with van der Waals surface area (Å²) in [5.74, 6) is 3.00. The molecule has 1 aliphatic rings. The highest BCUT2D eigenvalue weighted by Gasteiger charge is 2.17. The summed E-state index contributed by atoms with van der Waals surface area (Å²) in [6.07, 6.45) is 3.25. The lowest BCUT2D eigenvalue weighted by Crippen LogP contribution is -2.40. The monoisotopic (exact) mass is 460 g/mol. The minimum absolute atomic E-state index is 0. The number of aromatic nitrogens is 3. The SMILES string of the molecule is CCNC(=NCc1nnc2n1CCC2)N(C)CCc1cccs1.I. The lowest BCUT2D eigenvalue weighted by molar-refractivity contribution is 0.485. The van der Waals surface area contributed by atoms with Gasteiger partial charge in [-0.05, 0) is 31.2 Å². The molecule has 8 heteroatoms. The number of hydrogen-bond donors (Lipinski definition) is 1. The third kappa shape index (κ3) is 4.69. The fourth-order valence-electron chi connectivity index (χ4n) is 2.78. The van der Waals surface area contributed by atoms with Gasteiger partial charge in [-0.15, -0.1) is 45.5 Å². The molecule has 24 heavy (non-hydrogen) atoms. The van der Waals surface area contributed by atoms with Gasteiger partial charge in [0.25, 0.3) is 0 Å². The van der Waals surface area contributed by atoms with E-state index in [-0.39, 0.29) is 24.0 Å². The van der Waals surface area contributed by atoms with Crippen molar-refractivity contribution in [3.63, 3.8) is 0 Å². The smallest absolute Gasteiger partial charge is 0.194 e. The molecule has 0 spiro atoms. The topological polar surface area (TPSA) is 58.3 Å². The molecule has 2 aromatic heterocycles. The van der Waals surface area contributed by atoms with Crippen LogP contribution < -0.4 is 5.32 Å². The van der Waals surface area contributed by atoms with E-state index in [1.807, 2.05) is 0 Å². The van der Waals surface area contributed by atoms with Crippen LogP contribution in [0.25, 0.3) is 0 Å². The molecule has 3 heterocycles. The molecule has 132 valence electrons. The van der Waals surface area contributed by atoms with Gasteiger partial charge in [-0.3, -0.25) is 0 Å². The van der Waals surface area contributed by atoms with Crippen LogP contribution in [0.3, 0.4) is 0 Å². The second-order valence-corrected chi connectivity index (χ2v) is 6.74. The molecular formula is C16H25IN6S. The van der Waals surface area contributed by atoms with Gasteiger partial charge in [0.2, 0.25) is 0 Å². The molecule has 0 unspecified atom stereocenters. The number of guanidine groups is 1. The molecule has 0 radical (unpaired) electrons. The van der Waals surface area contributed by atoms with Crippen molar-refractivity contribution < 1.29 is 0 Å². The van der Waals surface area contributed by atoms with Crippen LogP contribution >= 0.6 is 35.3 Å². The van der Waals surface area contributed by atoms with E-state index in [2.05, 4.69) is 56.5 Å². The first kappa shape index (κ1) is 19.2. The van der Waals surface area contributed by atoms with Crippen LogP contribution in [-0.2, 0) is 25.9 Å². The normalized spacial score (nSPS) is 13.5. The Kier molecular flexibility index (Phi) is 7.47. The number of halogens is 1. The van der Waals surface area contributed by atoms with E-state index in [9.17, 15) is 0 Å². The molecule has 1 N–H and O–H groups in total. The summed E-state index contributed by atoms with van der Waals surface area (Å²) in [5, 5.41) is 14.0. The van der Waals surface area contributed by atoms with Gasteiger partial charge in [0.05, 0.1) is 0 Å². The van der Waals surface area contributed by atoms with Crippen LogP contribution in [0.4, 0.5) is 0 Å². The number of hydrogen-bond acceptors (Lipinski definition) is 4. The maximum absolute atomic E-state index is 4.74. The van der Waals surface area contributed by atoms with Crippen LogP contribution in [0.15, 0.2) is 22.5 Å². The van der Waals surface area contributed by atoms with Gasteiger partial charge in [0.1, 0.15) is 12.4 Å². The van der Waals surface area contributed by atoms with Gasteiger partial charge in [-0.25, -0.2) is 4.99 Å². The van der Waals surface area contributed by atoms with Gasteiger partial charge < -0.3 is 14.8 Å². The molecule has 3 rings (SSSR count). The molecule has 0 amide bonds. The average molecular weight is 460 g/mol. The standard InChI is InChI=1S/C16H24N6S.HI/c1-3-17-16(21(2)10-8-13-6-5-11-23-13)18-12-15-20-19-14-7-4-9-22(14)15;/h5-6,11H,3-4,7-10,12H2,1-2H3,(H,17,18);1H. The quantitative estimate of drug-likeness (QED) is 0.409. The molecule has 0 bridgehead atoms. The van der Waals surface area contributed by atoms with Gasteiger partial charge in [-0.1, -0.05) is 6.07 Å². The van der Waals surface area contributed by atoms with Gasteiger partial charge in [0.15, 0.2) is 11.8 Å². The van der Waals surface area contributed by atoms with Crippen molar-refractivity contribution in [2.45, 2.75) is 39.3 Å². The Balaban J connectivity index is 0.00000208. The van der Waals surface area contributed by atoms with Crippen molar-refractivity contribution in [1.82, 2.24) is 25.0 Å². The zero-order chi connectivity index (χ0) is 16.1. The summed E-state index contributed by atoms with van der Waals surface area (Å²) < 4.78 is 2.21. The predicted octanol–water partition coefficient (Wildman–Crippen LogP) is 2.54. The highest BCUT2D eigenvalue weighted by molar-refractivity contribution is 14.0. The summed E-state index contributed by atoms with van der Waals surface area (Å²) in [6, 6.07) is 4.28. The number of fused-ring (bicyclic) bond motifs is 1.